The van der Waals surface area contributed by atoms with Crippen molar-refractivity contribution >= 4 is 5.69 Å². The summed E-state index contributed by atoms with van der Waals surface area (Å²) in [6.45, 7) is 0. The lowest BCUT2D eigenvalue weighted by atomic mass is 10.1. The van der Waals surface area contributed by atoms with Gasteiger partial charge < -0.3 is 10.5 Å². The molecule has 0 aliphatic rings. The quantitative estimate of drug-likeness (QED) is 0.838. The van der Waals surface area contributed by atoms with E-state index in [1.54, 1.807) is 24.3 Å². The van der Waals surface area contributed by atoms with Crippen LogP contribution in [0.5, 0.6) is 5.88 Å². The van der Waals surface area contributed by atoms with E-state index in [0.717, 1.165) is 6.20 Å². The fourth-order valence-corrected chi connectivity index (χ4v) is 1.29. The van der Waals surface area contributed by atoms with Gasteiger partial charge in [0.25, 0.3) is 0 Å². The maximum Gasteiger partial charge on any atom is 0.574 e. The zero-order chi connectivity index (χ0) is 13.2. The molecule has 7 heteroatoms. The summed E-state index contributed by atoms with van der Waals surface area (Å²) >= 11 is 0. The molecule has 0 bridgehead atoms. The third kappa shape index (κ3) is 3.09. The number of nitrogens with two attached hydrogens (primary N) is 1. The second-order valence-corrected chi connectivity index (χ2v) is 3.41. The number of aromatic nitrogens is 2. The first-order valence-electron chi connectivity index (χ1n) is 4.88. The molecule has 0 unspecified atom stereocenters. The number of nitrogens with zero attached hydrogens (tertiary/aromatic N) is 2. The summed E-state index contributed by atoms with van der Waals surface area (Å²) in [6, 6.07) is 6.72. The molecule has 0 atom stereocenters. The molecule has 4 nitrogen and oxygen atoms in total. The van der Waals surface area contributed by atoms with Crippen LogP contribution < -0.4 is 10.5 Å². The van der Waals surface area contributed by atoms with Gasteiger partial charge in [-0.15, -0.1) is 13.2 Å². The molecule has 0 fully saturated rings. The molecule has 0 aliphatic heterocycles. The molecule has 18 heavy (non-hydrogen) atoms. The Morgan fingerprint density at radius 2 is 1.67 bits per heavy atom. The molecular weight excluding hydrogens is 247 g/mol. The Hall–Kier alpha value is -2.31. The molecule has 0 radical (unpaired) electrons. The Kier molecular flexibility index (Phi) is 3.05. The molecule has 2 rings (SSSR count). The smallest absolute Gasteiger partial charge is 0.399 e. The van der Waals surface area contributed by atoms with Gasteiger partial charge in [0, 0.05) is 11.3 Å². The van der Waals surface area contributed by atoms with Crippen molar-refractivity contribution in [2.75, 3.05) is 5.73 Å². The van der Waals surface area contributed by atoms with E-state index >= 15 is 0 Å². The Balaban J connectivity index is 2.20. The fourth-order valence-electron chi connectivity index (χ4n) is 1.29. The maximum absolute atomic E-state index is 11.9. The van der Waals surface area contributed by atoms with Gasteiger partial charge in [0.05, 0.1) is 18.1 Å². The van der Waals surface area contributed by atoms with Gasteiger partial charge in [-0.1, -0.05) is 12.1 Å². The lowest BCUT2D eigenvalue weighted by molar-refractivity contribution is -0.276. The molecule has 0 amide bonds. The van der Waals surface area contributed by atoms with Crippen LogP contribution in [0.15, 0.2) is 36.7 Å². The van der Waals surface area contributed by atoms with Crippen LogP contribution in [0, 0.1) is 0 Å². The minimum absolute atomic E-state index is 0.435. The molecule has 0 aliphatic carbocycles. The first-order valence-corrected chi connectivity index (χ1v) is 4.88. The highest BCUT2D eigenvalue weighted by Gasteiger charge is 2.31. The van der Waals surface area contributed by atoms with Crippen molar-refractivity contribution < 1.29 is 17.9 Å². The van der Waals surface area contributed by atoms with Crippen molar-refractivity contribution in [2.24, 2.45) is 0 Å². The van der Waals surface area contributed by atoms with E-state index in [2.05, 4.69) is 14.7 Å². The molecule has 0 saturated heterocycles. The minimum Gasteiger partial charge on any atom is -0.399 e. The standard InChI is InChI=1S/C11H8F3N3O/c12-11(13,14)18-10-6-16-9(5-17-10)7-1-3-8(15)4-2-7/h1-6H,15H2. The highest BCUT2D eigenvalue weighted by molar-refractivity contribution is 5.60. The molecule has 94 valence electrons. The normalized spacial score (nSPS) is 11.3. The predicted octanol–water partition coefficient (Wildman–Crippen LogP) is 2.62. The second-order valence-electron chi connectivity index (χ2n) is 3.41. The Morgan fingerprint density at radius 1 is 1.00 bits per heavy atom. The zero-order valence-electron chi connectivity index (χ0n) is 8.98. The van der Waals surface area contributed by atoms with Crippen molar-refractivity contribution in [2.45, 2.75) is 6.36 Å². The van der Waals surface area contributed by atoms with Crippen molar-refractivity contribution in [1.29, 1.82) is 0 Å². The number of hydrogen-bond donors (Lipinski definition) is 1. The summed E-state index contributed by atoms with van der Waals surface area (Å²) in [5.41, 5.74) is 7.24. The molecule has 1 aromatic heterocycles. The van der Waals surface area contributed by atoms with Crippen LogP contribution in [0.3, 0.4) is 0 Å². The minimum atomic E-state index is -4.77. The zero-order valence-corrected chi connectivity index (χ0v) is 8.98. The van der Waals surface area contributed by atoms with Gasteiger partial charge in [0.2, 0.25) is 5.88 Å². The number of hydrogen-bond acceptors (Lipinski definition) is 4. The summed E-state index contributed by atoms with van der Waals surface area (Å²) in [7, 11) is 0. The summed E-state index contributed by atoms with van der Waals surface area (Å²) < 4.78 is 39.3. The average Bonchev–Trinajstić information content (AvgIpc) is 2.29. The number of halogens is 3. The van der Waals surface area contributed by atoms with E-state index in [1.165, 1.54) is 6.20 Å². The molecule has 1 heterocycles. The van der Waals surface area contributed by atoms with Gasteiger partial charge in [0.1, 0.15) is 0 Å². The van der Waals surface area contributed by atoms with Gasteiger partial charge in [-0.25, -0.2) is 9.97 Å². The first kappa shape index (κ1) is 12.2. The highest BCUT2D eigenvalue weighted by Crippen LogP contribution is 2.22. The van der Waals surface area contributed by atoms with E-state index < -0.39 is 12.2 Å². The van der Waals surface area contributed by atoms with Crippen LogP contribution >= 0.6 is 0 Å². The summed E-state index contributed by atoms with van der Waals surface area (Å²) in [4.78, 5) is 7.36. The van der Waals surface area contributed by atoms with Gasteiger partial charge >= 0.3 is 6.36 Å². The van der Waals surface area contributed by atoms with E-state index in [4.69, 9.17) is 5.73 Å². The van der Waals surface area contributed by atoms with Crippen LogP contribution in [-0.4, -0.2) is 16.3 Å². The van der Waals surface area contributed by atoms with Gasteiger partial charge in [-0.2, -0.15) is 0 Å². The van der Waals surface area contributed by atoms with Crippen LogP contribution in [0.25, 0.3) is 11.3 Å². The second kappa shape index (κ2) is 4.52. The third-order valence-corrected chi connectivity index (χ3v) is 2.05. The number of benzene rings is 1. The van der Waals surface area contributed by atoms with Crippen molar-refractivity contribution in [3.8, 4) is 17.1 Å². The van der Waals surface area contributed by atoms with Crippen molar-refractivity contribution in [3.05, 3.63) is 36.7 Å². The van der Waals surface area contributed by atoms with Crippen LogP contribution in [-0.2, 0) is 0 Å². The average molecular weight is 255 g/mol. The van der Waals surface area contributed by atoms with Gasteiger partial charge in [-0.3, -0.25) is 0 Å². The van der Waals surface area contributed by atoms with E-state index in [9.17, 15) is 13.2 Å². The van der Waals surface area contributed by atoms with Crippen molar-refractivity contribution in [3.63, 3.8) is 0 Å². The number of anilines is 1. The van der Waals surface area contributed by atoms with E-state index in [-0.39, 0.29) is 0 Å². The summed E-state index contributed by atoms with van der Waals surface area (Å²) in [5, 5.41) is 0. The van der Waals surface area contributed by atoms with E-state index in [0.29, 0.717) is 16.9 Å². The van der Waals surface area contributed by atoms with Crippen LogP contribution in [0.2, 0.25) is 0 Å². The van der Waals surface area contributed by atoms with Crippen LogP contribution in [0.4, 0.5) is 18.9 Å². The maximum atomic E-state index is 11.9. The molecule has 1 aromatic carbocycles. The summed E-state index contributed by atoms with van der Waals surface area (Å²) in [6.07, 6.45) is -2.65. The summed E-state index contributed by atoms with van der Waals surface area (Å²) in [5.74, 6) is -0.596. The first-order chi connectivity index (χ1) is 8.44. The molecular formula is C11H8F3N3O. The van der Waals surface area contributed by atoms with Crippen molar-refractivity contribution in [1.82, 2.24) is 9.97 Å². The SMILES string of the molecule is Nc1ccc(-c2cnc(OC(F)(F)F)cn2)cc1. The highest BCUT2D eigenvalue weighted by atomic mass is 19.4. The topological polar surface area (TPSA) is 61.0 Å². The Labute approximate surface area is 100 Å². The van der Waals surface area contributed by atoms with Crippen LogP contribution in [0.1, 0.15) is 0 Å². The number of rotatable bonds is 2. The number of alkyl halides is 3. The van der Waals surface area contributed by atoms with Gasteiger partial charge in [-0.05, 0) is 12.1 Å². The largest absolute Gasteiger partial charge is 0.574 e. The van der Waals surface area contributed by atoms with E-state index in [1.807, 2.05) is 0 Å². The fraction of sp³-hybridized carbons (Fsp3) is 0.0909. The molecule has 2 N–H and O–H groups in total. The third-order valence-electron chi connectivity index (χ3n) is 2.05. The number of ether oxygens (including phenoxy) is 1. The Bertz CT molecular complexity index is 523. The number of nitrogen functional groups attached to an aromatic ring is 1. The lowest BCUT2D eigenvalue weighted by Crippen LogP contribution is -2.18. The Morgan fingerprint density at radius 3 is 2.17 bits per heavy atom. The molecule has 0 saturated carbocycles. The van der Waals surface area contributed by atoms with Gasteiger partial charge in [0.15, 0.2) is 0 Å². The molecule has 0 spiro atoms. The monoisotopic (exact) mass is 255 g/mol. The lowest BCUT2D eigenvalue weighted by Gasteiger charge is -2.07. The predicted molar refractivity (Wildman–Crippen MR) is 58.6 cm³/mol. The molecule has 2 aromatic rings.